The summed E-state index contributed by atoms with van der Waals surface area (Å²) in [6.45, 7) is 7.75. The van der Waals surface area contributed by atoms with Crippen LogP contribution in [-0.4, -0.2) is 12.6 Å². The van der Waals surface area contributed by atoms with Crippen molar-refractivity contribution in [1.29, 1.82) is 0 Å². The zero-order valence-corrected chi connectivity index (χ0v) is 16.4. The summed E-state index contributed by atoms with van der Waals surface area (Å²) in [6, 6.07) is 3.70. The molecule has 2 nitrogen and oxygen atoms in total. The topological polar surface area (TPSA) is 26.3 Å². The Balaban J connectivity index is 0.000000237. The van der Waals surface area contributed by atoms with Crippen molar-refractivity contribution in [1.82, 2.24) is 0 Å². The van der Waals surface area contributed by atoms with Crippen LogP contribution in [0.3, 0.4) is 0 Å². The maximum Gasteiger partial charge on any atom is 0.332 e. The SMILES string of the molecule is Cc1c(F)cc(F)cc1F.Cc1cc(C2CCC(C)CO2)cc(C)c1C(=O)F. The van der Waals surface area contributed by atoms with Crippen LogP contribution in [-0.2, 0) is 4.74 Å². The average molecular weight is 396 g/mol. The first-order valence-electron chi connectivity index (χ1n) is 9.13. The largest absolute Gasteiger partial charge is 0.373 e. The van der Waals surface area contributed by atoms with Crippen molar-refractivity contribution >= 4 is 6.04 Å². The molecular formula is C22H24F4O2. The molecule has 1 aliphatic rings. The normalized spacial score (nSPS) is 19.0. The second-order valence-corrected chi connectivity index (χ2v) is 7.30. The first kappa shape index (κ1) is 22.1. The molecule has 1 heterocycles. The van der Waals surface area contributed by atoms with Gasteiger partial charge in [-0.25, -0.2) is 13.2 Å². The van der Waals surface area contributed by atoms with Crippen molar-refractivity contribution in [3.8, 4) is 0 Å². The van der Waals surface area contributed by atoms with Gasteiger partial charge >= 0.3 is 6.04 Å². The van der Waals surface area contributed by atoms with E-state index < -0.39 is 23.5 Å². The highest BCUT2D eigenvalue weighted by atomic mass is 19.1. The van der Waals surface area contributed by atoms with Crippen LogP contribution in [0.1, 0.15) is 58.5 Å². The fourth-order valence-corrected chi connectivity index (χ4v) is 3.25. The number of aryl methyl sites for hydroxylation is 2. The van der Waals surface area contributed by atoms with Gasteiger partial charge in [0, 0.05) is 24.3 Å². The number of halogens is 4. The predicted molar refractivity (Wildman–Crippen MR) is 99.5 cm³/mol. The molecule has 0 saturated carbocycles. The number of carbonyl (C=O) groups excluding carboxylic acids is 1. The summed E-state index contributed by atoms with van der Waals surface area (Å²) < 4.78 is 55.6. The molecule has 2 atom stereocenters. The van der Waals surface area contributed by atoms with Gasteiger partial charge < -0.3 is 4.74 Å². The Morgan fingerprint density at radius 1 is 0.964 bits per heavy atom. The van der Waals surface area contributed by atoms with Crippen molar-refractivity contribution in [3.63, 3.8) is 0 Å². The minimum atomic E-state index is -1.35. The molecule has 0 N–H and O–H groups in total. The second-order valence-electron chi connectivity index (χ2n) is 7.30. The molecule has 0 aromatic heterocycles. The highest BCUT2D eigenvalue weighted by molar-refractivity contribution is 5.91. The Kier molecular flexibility index (Phi) is 7.35. The molecule has 2 unspecified atom stereocenters. The van der Waals surface area contributed by atoms with Gasteiger partial charge in [-0.3, -0.25) is 4.79 Å². The summed E-state index contributed by atoms with van der Waals surface area (Å²) in [7, 11) is 0. The van der Waals surface area contributed by atoms with Crippen molar-refractivity contribution in [2.24, 2.45) is 5.92 Å². The van der Waals surface area contributed by atoms with Crippen LogP contribution in [0, 0.1) is 44.1 Å². The Labute approximate surface area is 162 Å². The van der Waals surface area contributed by atoms with Gasteiger partial charge in [0.1, 0.15) is 17.5 Å². The second kappa shape index (κ2) is 9.32. The van der Waals surface area contributed by atoms with E-state index in [2.05, 4.69) is 6.92 Å². The third-order valence-electron chi connectivity index (χ3n) is 4.87. The van der Waals surface area contributed by atoms with Crippen LogP contribution in [0.2, 0.25) is 0 Å². The Morgan fingerprint density at radius 2 is 1.50 bits per heavy atom. The number of benzene rings is 2. The first-order valence-corrected chi connectivity index (χ1v) is 9.13. The van der Waals surface area contributed by atoms with Crippen molar-refractivity contribution in [2.75, 3.05) is 6.61 Å². The fraction of sp³-hybridized carbons (Fsp3) is 0.409. The van der Waals surface area contributed by atoms with Crippen molar-refractivity contribution in [3.05, 3.63) is 69.5 Å². The van der Waals surface area contributed by atoms with Gasteiger partial charge in [0.15, 0.2) is 0 Å². The fourth-order valence-electron chi connectivity index (χ4n) is 3.25. The minimum absolute atomic E-state index is 0.0855. The smallest absolute Gasteiger partial charge is 0.332 e. The van der Waals surface area contributed by atoms with Gasteiger partial charge in [-0.1, -0.05) is 19.1 Å². The molecule has 3 rings (SSSR count). The Bertz CT molecular complexity index is 810. The third-order valence-corrected chi connectivity index (χ3v) is 4.87. The lowest BCUT2D eigenvalue weighted by molar-refractivity contribution is -0.0124. The molecule has 1 aliphatic heterocycles. The summed E-state index contributed by atoms with van der Waals surface area (Å²) in [5, 5.41) is 0. The molecule has 2 aromatic carbocycles. The molecule has 28 heavy (non-hydrogen) atoms. The van der Waals surface area contributed by atoms with Gasteiger partial charge in [-0.05, 0) is 56.2 Å². The van der Waals surface area contributed by atoms with E-state index in [1.54, 1.807) is 13.8 Å². The molecule has 1 fully saturated rings. The predicted octanol–water partition coefficient (Wildman–Crippen LogP) is 6.31. The van der Waals surface area contributed by atoms with E-state index in [1.807, 2.05) is 12.1 Å². The maximum atomic E-state index is 12.9. The van der Waals surface area contributed by atoms with Crippen LogP contribution in [0.15, 0.2) is 24.3 Å². The first-order chi connectivity index (χ1) is 13.1. The number of hydrogen-bond acceptors (Lipinski definition) is 2. The van der Waals surface area contributed by atoms with E-state index >= 15 is 0 Å². The molecule has 0 amide bonds. The molecule has 2 aromatic rings. The molecule has 6 heteroatoms. The Hall–Kier alpha value is -2.21. The highest BCUT2D eigenvalue weighted by Crippen LogP contribution is 2.32. The molecule has 0 aliphatic carbocycles. The molecule has 152 valence electrons. The van der Waals surface area contributed by atoms with Crippen LogP contribution < -0.4 is 0 Å². The Morgan fingerprint density at radius 3 is 1.93 bits per heavy atom. The van der Waals surface area contributed by atoms with E-state index in [0.717, 1.165) is 25.0 Å². The lowest BCUT2D eigenvalue weighted by atomic mass is 9.92. The van der Waals surface area contributed by atoms with E-state index in [4.69, 9.17) is 4.74 Å². The molecule has 1 saturated heterocycles. The van der Waals surface area contributed by atoms with Crippen molar-refractivity contribution in [2.45, 2.75) is 46.6 Å². The van der Waals surface area contributed by atoms with E-state index in [0.29, 0.717) is 29.2 Å². The monoisotopic (exact) mass is 396 g/mol. The summed E-state index contributed by atoms with van der Waals surface area (Å²) in [5.41, 5.74) is 2.49. The number of carbonyl (C=O) groups is 1. The van der Waals surface area contributed by atoms with Gasteiger partial charge in [0.25, 0.3) is 0 Å². The molecule has 0 radical (unpaired) electrons. The van der Waals surface area contributed by atoms with E-state index in [-0.39, 0.29) is 17.2 Å². The molecule has 0 spiro atoms. The molecule has 0 bridgehead atoms. The summed E-state index contributed by atoms with van der Waals surface area (Å²) in [5.74, 6) is -1.98. The molecular weight excluding hydrogens is 372 g/mol. The standard InChI is InChI=1S/C15H19FO2.C7H5F3/c1-9-4-5-13(18-8-9)12-6-10(2)14(15(16)17)11(3)7-12;1-4-6(9)2-5(8)3-7(4)10/h6-7,9,13H,4-5,8H2,1-3H3;2-3H,1H3. The summed E-state index contributed by atoms with van der Waals surface area (Å²) >= 11 is 0. The zero-order valence-electron chi connectivity index (χ0n) is 16.4. The summed E-state index contributed by atoms with van der Waals surface area (Å²) in [4.78, 5) is 10.9. The average Bonchev–Trinajstić information content (AvgIpc) is 2.59. The quantitative estimate of drug-likeness (QED) is 0.439. The lowest BCUT2D eigenvalue weighted by Crippen LogP contribution is -2.19. The summed E-state index contributed by atoms with van der Waals surface area (Å²) in [6.07, 6.45) is 2.22. The van der Waals surface area contributed by atoms with Gasteiger partial charge in [0.2, 0.25) is 0 Å². The van der Waals surface area contributed by atoms with Crippen LogP contribution in [0.4, 0.5) is 17.6 Å². The van der Waals surface area contributed by atoms with Gasteiger partial charge in [-0.2, -0.15) is 4.39 Å². The minimum Gasteiger partial charge on any atom is -0.373 e. The van der Waals surface area contributed by atoms with Gasteiger partial charge in [-0.15, -0.1) is 0 Å². The van der Waals surface area contributed by atoms with E-state index in [9.17, 15) is 22.4 Å². The third kappa shape index (κ3) is 5.41. The van der Waals surface area contributed by atoms with Crippen molar-refractivity contribution < 1.29 is 27.1 Å². The number of rotatable bonds is 2. The van der Waals surface area contributed by atoms with Gasteiger partial charge in [0.05, 0.1) is 11.7 Å². The highest BCUT2D eigenvalue weighted by Gasteiger charge is 2.22. The maximum absolute atomic E-state index is 12.9. The van der Waals surface area contributed by atoms with Crippen LogP contribution in [0.25, 0.3) is 0 Å². The number of ether oxygens (including phenoxy) is 1. The van der Waals surface area contributed by atoms with Crippen LogP contribution in [0.5, 0.6) is 0 Å². The number of hydrogen-bond donors (Lipinski definition) is 0. The lowest BCUT2D eigenvalue weighted by Gasteiger charge is -2.28. The van der Waals surface area contributed by atoms with Crippen LogP contribution >= 0.6 is 0 Å². The zero-order chi connectivity index (χ0) is 21.0. The van der Waals surface area contributed by atoms with E-state index in [1.165, 1.54) is 6.92 Å².